The molecule has 6 aromatic heterocycles. The molecule has 0 spiro atoms. The molecule has 4 fully saturated rings. The third-order valence-corrected chi connectivity index (χ3v) is 13.1. The van der Waals surface area contributed by atoms with E-state index in [9.17, 15) is 25.2 Å². The molecule has 6 aromatic rings. The highest BCUT2D eigenvalue weighted by Gasteiger charge is 2.45. The molecular formula is C37H46Cl2N18O5. The maximum absolute atomic E-state index is 13.5. The van der Waals surface area contributed by atoms with Crippen molar-refractivity contribution in [3.05, 3.63) is 47.0 Å². The fourth-order valence-corrected chi connectivity index (χ4v) is 9.90. The Morgan fingerprint density at radius 3 is 1.94 bits per heavy atom. The number of aliphatic hydroxyl groups excluding tert-OH is 4. The molecule has 10 rings (SSSR count). The van der Waals surface area contributed by atoms with Crippen molar-refractivity contribution in [1.29, 1.82) is 0 Å². The Kier molecular flexibility index (Phi) is 11.0. The van der Waals surface area contributed by atoms with E-state index in [1.165, 1.54) is 11.0 Å². The Balaban J connectivity index is 0.727. The first-order chi connectivity index (χ1) is 30.1. The van der Waals surface area contributed by atoms with Crippen LogP contribution in [0.2, 0.25) is 10.6 Å². The zero-order valence-electron chi connectivity index (χ0n) is 33.4. The van der Waals surface area contributed by atoms with Crippen LogP contribution in [0.15, 0.2) is 25.0 Å². The van der Waals surface area contributed by atoms with Gasteiger partial charge in [-0.25, -0.2) is 14.8 Å². The predicted octanol–water partition coefficient (Wildman–Crippen LogP) is 1.93. The summed E-state index contributed by atoms with van der Waals surface area (Å²) in [6.07, 6.45) is 10.7. The Bertz CT molecular complexity index is 2570. The van der Waals surface area contributed by atoms with E-state index in [2.05, 4.69) is 65.8 Å². The van der Waals surface area contributed by atoms with Gasteiger partial charge in [0.05, 0.1) is 50.3 Å². The zero-order chi connectivity index (χ0) is 42.6. The van der Waals surface area contributed by atoms with Crippen molar-refractivity contribution in [2.75, 3.05) is 23.7 Å². The molecule has 3 saturated carbocycles. The van der Waals surface area contributed by atoms with Gasteiger partial charge >= 0.3 is 6.03 Å². The third-order valence-electron chi connectivity index (χ3n) is 12.8. The van der Waals surface area contributed by atoms with Crippen molar-refractivity contribution in [3.8, 4) is 0 Å². The van der Waals surface area contributed by atoms with Crippen LogP contribution in [0, 0.1) is 0 Å². The van der Waals surface area contributed by atoms with Crippen LogP contribution in [-0.4, -0.2) is 144 Å². The number of rotatable bonds is 11. The summed E-state index contributed by atoms with van der Waals surface area (Å²) in [4.78, 5) is 45.5. The van der Waals surface area contributed by atoms with Gasteiger partial charge in [0.1, 0.15) is 29.6 Å². The molecule has 1 aliphatic heterocycles. The van der Waals surface area contributed by atoms with Crippen LogP contribution in [0.3, 0.4) is 0 Å². The minimum Gasteiger partial charge on any atom is -0.390 e. The van der Waals surface area contributed by atoms with Crippen molar-refractivity contribution in [1.82, 2.24) is 79.2 Å². The standard InChI is InChI=1S/C37H46Cl2N18O5/c38-35-47-31(27-33(49-35)54(16-40-27)23-5-6-24(9-23)56-42-11-21(14-58)51-56)44-18-1-3-19(4-2-18)46-37(62)53-8-7-20(13-53)45-32-28-34(50-36(39)48-32)55(17-41-28)25-10-26(30(61)29(25)60)57-43-12-22(15-59)52-57/h11-12,16-20,23-26,29-30,58-61H,1-10,13-15H2,(H,46,62)(H,44,47,49)(H,45,48,50)/t18?,19?,20-,23+,24-,25-,26+,29+,30-/m1/s1. The van der Waals surface area contributed by atoms with Gasteiger partial charge < -0.3 is 50.4 Å². The summed E-state index contributed by atoms with van der Waals surface area (Å²) < 4.78 is 3.74. The largest absolute Gasteiger partial charge is 0.390 e. The first kappa shape index (κ1) is 40.7. The van der Waals surface area contributed by atoms with E-state index in [-0.39, 0.29) is 66.4 Å². The number of amides is 2. The molecule has 328 valence electrons. The molecule has 62 heavy (non-hydrogen) atoms. The summed E-state index contributed by atoms with van der Waals surface area (Å²) in [6.45, 7) is 0.558. The lowest BCUT2D eigenvalue weighted by atomic mass is 9.91. The topological polar surface area (TPSA) is 286 Å². The van der Waals surface area contributed by atoms with Crippen molar-refractivity contribution in [2.45, 2.75) is 126 Å². The molecule has 25 heteroatoms. The van der Waals surface area contributed by atoms with E-state index in [1.54, 1.807) is 33.1 Å². The second-order valence-electron chi connectivity index (χ2n) is 16.7. The van der Waals surface area contributed by atoms with Crippen molar-refractivity contribution < 1.29 is 25.2 Å². The second kappa shape index (κ2) is 16.7. The Hall–Kier alpha value is -5.33. The van der Waals surface area contributed by atoms with Crippen molar-refractivity contribution in [3.63, 3.8) is 0 Å². The molecule has 0 aromatic carbocycles. The normalized spacial score (nSPS) is 27.8. The number of carbonyl (C=O) groups is 1. The summed E-state index contributed by atoms with van der Waals surface area (Å²) in [5.41, 5.74) is 3.06. The predicted molar refractivity (Wildman–Crippen MR) is 221 cm³/mol. The molecule has 1 saturated heterocycles. The maximum Gasteiger partial charge on any atom is 0.317 e. The van der Waals surface area contributed by atoms with E-state index in [1.807, 2.05) is 0 Å². The summed E-state index contributed by atoms with van der Waals surface area (Å²) in [5.74, 6) is 1.00. The fourth-order valence-electron chi connectivity index (χ4n) is 9.57. The van der Waals surface area contributed by atoms with Crippen LogP contribution in [0.25, 0.3) is 22.3 Å². The van der Waals surface area contributed by atoms with E-state index in [4.69, 9.17) is 28.2 Å². The fraction of sp³-hybridized carbons (Fsp3) is 0.595. The number of imidazole rings is 2. The molecule has 3 aliphatic carbocycles. The molecule has 7 atom stereocenters. The number of urea groups is 1. The van der Waals surface area contributed by atoms with Gasteiger partial charge in [0.25, 0.3) is 0 Å². The molecule has 0 radical (unpaired) electrons. The van der Waals surface area contributed by atoms with Crippen molar-refractivity contribution >= 4 is 63.2 Å². The minimum atomic E-state index is -1.18. The van der Waals surface area contributed by atoms with Gasteiger partial charge in [0.2, 0.25) is 10.6 Å². The molecule has 2 amide bonds. The molecule has 23 nitrogen and oxygen atoms in total. The lowest BCUT2D eigenvalue weighted by Crippen LogP contribution is -2.46. The van der Waals surface area contributed by atoms with Crippen LogP contribution in [0.4, 0.5) is 16.4 Å². The van der Waals surface area contributed by atoms with Gasteiger partial charge in [-0.2, -0.15) is 49.9 Å². The molecule has 0 bridgehead atoms. The monoisotopic (exact) mass is 892 g/mol. The van der Waals surface area contributed by atoms with Crippen LogP contribution in [-0.2, 0) is 13.2 Å². The summed E-state index contributed by atoms with van der Waals surface area (Å²) in [5, 5.41) is 68.2. The molecular weight excluding hydrogens is 847 g/mol. The number of nitrogens with one attached hydrogen (secondary N) is 3. The van der Waals surface area contributed by atoms with Gasteiger partial charge in [-0.3, -0.25) is 0 Å². The van der Waals surface area contributed by atoms with E-state index < -0.39 is 24.3 Å². The molecule has 7 heterocycles. The smallest absolute Gasteiger partial charge is 0.317 e. The highest BCUT2D eigenvalue weighted by molar-refractivity contribution is 6.29. The summed E-state index contributed by atoms with van der Waals surface area (Å²) in [7, 11) is 0. The van der Waals surface area contributed by atoms with Gasteiger partial charge in [0, 0.05) is 37.3 Å². The van der Waals surface area contributed by atoms with Crippen LogP contribution < -0.4 is 16.0 Å². The Morgan fingerprint density at radius 1 is 0.677 bits per heavy atom. The number of likely N-dealkylation sites (tertiary alicyclic amines) is 1. The van der Waals surface area contributed by atoms with E-state index >= 15 is 0 Å². The minimum absolute atomic E-state index is 0.0166. The van der Waals surface area contributed by atoms with Gasteiger partial charge in [-0.05, 0) is 81.0 Å². The first-order valence-electron chi connectivity index (χ1n) is 20.9. The third kappa shape index (κ3) is 7.74. The number of hydrogen-bond acceptors (Lipinski definition) is 17. The van der Waals surface area contributed by atoms with Gasteiger partial charge in [-0.1, -0.05) is 0 Å². The Morgan fingerprint density at radius 2 is 1.26 bits per heavy atom. The molecule has 0 unspecified atom stereocenters. The van der Waals surface area contributed by atoms with Gasteiger partial charge in [-0.15, -0.1) is 0 Å². The zero-order valence-corrected chi connectivity index (χ0v) is 34.9. The second-order valence-corrected chi connectivity index (χ2v) is 17.3. The molecule has 7 N–H and O–H groups in total. The summed E-state index contributed by atoms with van der Waals surface area (Å²) in [6, 6.07) is -1.12. The summed E-state index contributed by atoms with van der Waals surface area (Å²) >= 11 is 12.9. The number of aromatic nitrogens is 14. The van der Waals surface area contributed by atoms with Crippen LogP contribution in [0.1, 0.15) is 93.3 Å². The first-order valence-corrected chi connectivity index (χ1v) is 21.7. The maximum atomic E-state index is 13.5. The highest BCUT2D eigenvalue weighted by atomic mass is 35.5. The van der Waals surface area contributed by atoms with Crippen LogP contribution >= 0.6 is 23.2 Å². The lowest BCUT2D eigenvalue weighted by molar-refractivity contribution is 0.00491. The number of halogens is 2. The number of hydrogen-bond donors (Lipinski definition) is 7. The average Bonchev–Trinajstić information content (AvgIpc) is 4.12. The average molecular weight is 894 g/mol. The quantitative estimate of drug-likeness (QED) is 0.0915. The van der Waals surface area contributed by atoms with Crippen LogP contribution in [0.5, 0.6) is 0 Å². The number of anilines is 2. The Labute approximate surface area is 362 Å². The van der Waals surface area contributed by atoms with E-state index in [0.29, 0.717) is 64.9 Å². The molecule has 4 aliphatic rings. The SMILES string of the molecule is O=C(NC1CCC(Nc2nc(Cl)nc3c2ncn3[C@H]2CC[C@@H](n3ncc(CO)n3)C2)CC1)N1CC[C@@H](Nc2nc(Cl)nc3c2ncn3[C@@H]2C[C@H](n3ncc(CO)n3)[C@@H](O)[C@H]2O)C1. The number of nitrogens with zero attached hydrogens (tertiary/aromatic N) is 15. The van der Waals surface area contributed by atoms with Crippen molar-refractivity contribution in [2.24, 2.45) is 0 Å². The number of carbonyl (C=O) groups excluding carboxylic acids is 1. The van der Waals surface area contributed by atoms with Gasteiger partial charge in [0.15, 0.2) is 34.0 Å². The van der Waals surface area contributed by atoms with E-state index in [0.717, 1.165) is 44.9 Å². The highest BCUT2D eigenvalue weighted by Crippen LogP contribution is 2.41. The number of aliphatic hydroxyl groups is 4. The number of fused-ring (bicyclic) bond motifs is 2. The lowest BCUT2D eigenvalue weighted by Gasteiger charge is -2.31.